The molecule has 5 nitrogen and oxygen atoms in total. The third kappa shape index (κ3) is 5.60. The molecule has 0 aliphatic carbocycles. The molecule has 1 heterocycles. The zero-order valence-electron chi connectivity index (χ0n) is 15.8. The highest BCUT2D eigenvalue weighted by Crippen LogP contribution is 2.34. The van der Waals surface area contributed by atoms with E-state index in [0.29, 0.717) is 18.8 Å². The predicted octanol–water partition coefficient (Wildman–Crippen LogP) is 4.28. The fourth-order valence-corrected chi connectivity index (χ4v) is 2.80. The summed E-state index contributed by atoms with van der Waals surface area (Å²) in [5, 5.41) is 4.25. The van der Waals surface area contributed by atoms with Crippen molar-refractivity contribution in [1.29, 1.82) is 0 Å². The Hall–Kier alpha value is -1.78. The van der Waals surface area contributed by atoms with Crippen LogP contribution in [0.25, 0.3) is 5.69 Å². The van der Waals surface area contributed by atoms with E-state index in [2.05, 4.69) is 10.1 Å². The Bertz CT molecular complexity index is 795. The molecule has 0 bridgehead atoms. The molecule has 0 saturated carbocycles. The molecule has 0 saturated heterocycles. The number of guanidine groups is 1. The van der Waals surface area contributed by atoms with Crippen LogP contribution in [0.4, 0.5) is 13.2 Å². The fraction of sp³-hybridized carbons (Fsp3) is 0.444. The van der Waals surface area contributed by atoms with Gasteiger partial charge in [-0.2, -0.15) is 18.3 Å². The lowest BCUT2D eigenvalue weighted by Crippen LogP contribution is -2.37. The average molecular weight is 495 g/mol. The number of aromatic nitrogens is 2. The molecular weight excluding hydrogens is 470 g/mol. The van der Waals surface area contributed by atoms with Crippen molar-refractivity contribution in [3.63, 3.8) is 0 Å². The smallest absolute Gasteiger partial charge is 0.370 e. The standard InChI is InChI=1S/C18H24F3N5.HI/c1-5-25(6-2)17(22)23-11-14-7-8-15(10-16(14)18(19,20)21)26-13(4)9-12(3)24-26;/h7-10H,5-6,11H2,1-4H3,(H2,22,23);1H. The number of nitrogens with two attached hydrogens (primary N) is 1. The molecule has 0 amide bonds. The van der Waals surface area contributed by atoms with E-state index >= 15 is 0 Å². The van der Waals surface area contributed by atoms with Gasteiger partial charge in [-0.3, -0.25) is 0 Å². The summed E-state index contributed by atoms with van der Waals surface area (Å²) in [7, 11) is 0. The number of benzene rings is 1. The second kappa shape index (κ2) is 9.43. The molecule has 0 fully saturated rings. The van der Waals surface area contributed by atoms with Crippen molar-refractivity contribution >= 4 is 29.9 Å². The number of aliphatic imine (C=N–C) groups is 1. The Balaban J connectivity index is 0.00000364. The van der Waals surface area contributed by atoms with E-state index in [1.807, 2.05) is 19.9 Å². The first kappa shape index (κ1) is 23.3. The van der Waals surface area contributed by atoms with Crippen LogP contribution in [-0.2, 0) is 12.7 Å². The van der Waals surface area contributed by atoms with Gasteiger partial charge in [0, 0.05) is 18.8 Å². The minimum atomic E-state index is -4.49. The number of hydrogen-bond donors (Lipinski definition) is 1. The molecule has 0 atom stereocenters. The highest BCUT2D eigenvalue weighted by molar-refractivity contribution is 14.0. The van der Waals surface area contributed by atoms with Crippen LogP contribution in [0, 0.1) is 13.8 Å². The van der Waals surface area contributed by atoms with Crippen LogP contribution in [0.15, 0.2) is 29.3 Å². The lowest BCUT2D eigenvalue weighted by Gasteiger charge is -2.20. The molecule has 2 aromatic rings. The van der Waals surface area contributed by atoms with Gasteiger partial charge in [-0.25, -0.2) is 9.67 Å². The quantitative estimate of drug-likeness (QED) is 0.383. The second-order valence-electron chi connectivity index (χ2n) is 6.02. The summed E-state index contributed by atoms with van der Waals surface area (Å²) in [4.78, 5) is 5.92. The Labute approximate surface area is 174 Å². The zero-order valence-corrected chi connectivity index (χ0v) is 18.2. The summed E-state index contributed by atoms with van der Waals surface area (Å²) >= 11 is 0. The van der Waals surface area contributed by atoms with E-state index in [1.165, 1.54) is 10.7 Å². The predicted molar refractivity (Wildman–Crippen MR) is 112 cm³/mol. The second-order valence-corrected chi connectivity index (χ2v) is 6.02. The van der Waals surface area contributed by atoms with E-state index in [-0.39, 0.29) is 42.0 Å². The van der Waals surface area contributed by atoms with E-state index in [4.69, 9.17) is 5.73 Å². The third-order valence-electron chi connectivity index (χ3n) is 4.15. The van der Waals surface area contributed by atoms with Crippen molar-refractivity contribution in [3.05, 3.63) is 46.8 Å². The number of halogens is 4. The largest absolute Gasteiger partial charge is 0.416 e. The van der Waals surface area contributed by atoms with Gasteiger partial charge < -0.3 is 10.6 Å². The molecular formula is C18H25F3IN5. The number of rotatable bonds is 5. The Morgan fingerprint density at radius 3 is 2.30 bits per heavy atom. The van der Waals surface area contributed by atoms with Gasteiger partial charge in [0.25, 0.3) is 0 Å². The van der Waals surface area contributed by atoms with Crippen molar-refractivity contribution in [3.8, 4) is 5.69 Å². The number of aryl methyl sites for hydroxylation is 2. The van der Waals surface area contributed by atoms with Gasteiger partial charge in [-0.15, -0.1) is 24.0 Å². The maximum Gasteiger partial charge on any atom is 0.416 e. The van der Waals surface area contributed by atoms with E-state index in [1.54, 1.807) is 24.8 Å². The third-order valence-corrected chi connectivity index (χ3v) is 4.15. The van der Waals surface area contributed by atoms with E-state index in [0.717, 1.165) is 17.5 Å². The highest BCUT2D eigenvalue weighted by atomic mass is 127. The van der Waals surface area contributed by atoms with Crippen molar-refractivity contribution < 1.29 is 13.2 Å². The molecule has 2 rings (SSSR count). The van der Waals surface area contributed by atoms with Crippen molar-refractivity contribution in [2.45, 2.75) is 40.4 Å². The van der Waals surface area contributed by atoms with Crippen LogP contribution in [0.2, 0.25) is 0 Å². The minimum absolute atomic E-state index is 0. The first-order valence-electron chi connectivity index (χ1n) is 8.46. The normalized spacial score (nSPS) is 12.0. The summed E-state index contributed by atoms with van der Waals surface area (Å²) in [6.07, 6.45) is -4.49. The molecule has 150 valence electrons. The number of hydrogen-bond acceptors (Lipinski definition) is 2. The zero-order chi connectivity index (χ0) is 19.5. The molecule has 1 aromatic heterocycles. The summed E-state index contributed by atoms with van der Waals surface area (Å²) in [6, 6.07) is 5.98. The van der Waals surface area contributed by atoms with E-state index < -0.39 is 11.7 Å². The molecule has 0 unspecified atom stereocenters. The van der Waals surface area contributed by atoms with Gasteiger partial charge in [0.05, 0.1) is 23.5 Å². The molecule has 0 spiro atoms. The Morgan fingerprint density at radius 1 is 1.19 bits per heavy atom. The minimum Gasteiger partial charge on any atom is -0.370 e. The van der Waals surface area contributed by atoms with Crippen molar-refractivity contribution in [2.75, 3.05) is 13.1 Å². The van der Waals surface area contributed by atoms with Crippen LogP contribution in [-0.4, -0.2) is 33.7 Å². The van der Waals surface area contributed by atoms with Gasteiger partial charge >= 0.3 is 6.18 Å². The highest BCUT2D eigenvalue weighted by Gasteiger charge is 2.33. The van der Waals surface area contributed by atoms with Crippen LogP contribution in [0.3, 0.4) is 0 Å². The number of alkyl halides is 3. The van der Waals surface area contributed by atoms with Crippen LogP contribution in [0.1, 0.15) is 36.4 Å². The van der Waals surface area contributed by atoms with Crippen molar-refractivity contribution in [1.82, 2.24) is 14.7 Å². The monoisotopic (exact) mass is 495 g/mol. The molecule has 0 aliphatic rings. The first-order chi connectivity index (χ1) is 12.2. The topological polar surface area (TPSA) is 59.4 Å². The van der Waals surface area contributed by atoms with Gasteiger partial charge in [0.1, 0.15) is 0 Å². The SMILES string of the molecule is CCN(CC)C(N)=NCc1ccc(-n2nc(C)cc2C)cc1C(F)(F)F.I. The Kier molecular flexibility index (Phi) is 8.12. The molecule has 2 N–H and O–H groups in total. The van der Waals surface area contributed by atoms with Crippen molar-refractivity contribution in [2.24, 2.45) is 10.7 Å². The molecule has 9 heteroatoms. The summed E-state index contributed by atoms with van der Waals surface area (Å²) < 4.78 is 42.1. The lowest BCUT2D eigenvalue weighted by molar-refractivity contribution is -0.138. The van der Waals surface area contributed by atoms with Gasteiger partial charge in [0.15, 0.2) is 5.96 Å². The average Bonchev–Trinajstić information content (AvgIpc) is 2.91. The van der Waals surface area contributed by atoms with Crippen LogP contribution in [0.5, 0.6) is 0 Å². The lowest BCUT2D eigenvalue weighted by atomic mass is 10.1. The molecule has 27 heavy (non-hydrogen) atoms. The maximum absolute atomic E-state index is 13.5. The van der Waals surface area contributed by atoms with Gasteiger partial charge in [0.2, 0.25) is 0 Å². The van der Waals surface area contributed by atoms with Crippen LogP contribution >= 0.6 is 24.0 Å². The van der Waals surface area contributed by atoms with Crippen LogP contribution < -0.4 is 5.73 Å². The summed E-state index contributed by atoms with van der Waals surface area (Å²) in [5.74, 6) is 0.241. The summed E-state index contributed by atoms with van der Waals surface area (Å²) in [5.41, 5.74) is 7.11. The maximum atomic E-state index is 13.5. The Morgan fingerprint density at radius 2 is 1.81 bits per heavy atom. The summed E-state index contributed by atoms with van der Waals surface area (Å²) in [6.45, 7) is 8.59. The molecule has 0 aliphatic heterocycles. The van der Waals surface area contributed by atoms with Gasteiger partial charge in [-0.05, 0) is 51.5 Å². The fourth-order valence-electron chi connectivity index (χ4n) is 2.80. The number of nitrogens with zero attached hydrogens (tertiary/aromatic N) is 4. The molecule has 0 radical (unpaired) electrons. The van der Waals surface area contributed by atoms with Gasteiger partial charge in [-0.1, -0.05) is 6.07 Å². The first-order valence-corrected chi connectivity index (χ1v) is 8.46. The van der Waals surface area contributed by atoms with E-state index in [9.17, 15) is 13.2 Å². The molecule has 1 aromatic carbocycles.